The third kappa shape index (κ3) is 5.98. The zero-order valence-corrected chi connectivity index (χ0v) is 29.3. The summed E-state index contributed by atoms with van der Waals surface area (Å²) in [5, 5.41) is 29.5. The van der Waals surface area contributed by atoms with Gasteiger partial charge in [-0.15, -0.1) is 11.6 Å². The van der Waals surface area contributed by atoms with Crippen LogP contribution < -0.4 is 9.47 Å². The molecule has 2 aliphatic carbocycles. The van der Waals surface area contributed by atoms with Crippen molar-refractivity contribution in [2.45, 2.75) is 49.1 Å². The normalized spacial score (nSPS) is 26.6. The minimum Gasteiger partial charge on any atom is -0.491 e. The number of alkyl halides is 1. The zero-order chi connectivity index (χ0) is 35.0. The quantitative estimate of drug-likeness (QED) is 0.242. The zero-order valence-electron chi connectivity index (χ0n) is 28.5. The maximum atomic E-state index is 11.6. The second-order valence-corrected chi connectivity index (χ2v) is 14.9. The van der Waals surface area contributed by atoms with E-state index in [0.717, 1.165) is 60.3 Å². The van der Waals surface area contributed by atoms with Crippen molar-refractivity contribution in [3.8, 4) is 17.7 Å². The first-order valence-corrected chi connectivity index (χ1v) is 17.7. The Morgan fingerprint density at radius 1 is 1.12 bits per heavy atom. The Kier molecular flexibility index (Phi) is 9.48. The molecule has 3 unspecified atom stereocenters. The number of hydrogen-bond donors (Lipinski definition) is 2. The van der Waals surface area contributed by atoms with Gasteiger partial charge in [0.25, 0.3) is 0 Å². The van der Waals surface area contributed by atoms with Gasteiger partial charge in [-0.25, -0.2) is 4.98 Å². The summed E-state index contributed by atoms with van der Waals surface area (Å²) in [5.74, 6) is 0.205. The SMILES string of the molecule is COc1nc(C2(COc3ccc4c(c3C#N)CC[C@H]4N3CCC(C(=O)O)C3)C=CC=C(c3ccccc3)C2(C)Cl)ccc1CN1CC(CO)C1. The summed E-state index contributed by atoms with van der Waals surface area (Å²) in [6.07, 6.45) is 8.30. The molecule has 260 valence electrons. The molecule has 0 saturated carbocycles. The van der Waals surface area contributed by atoms with Gasteiger partial charge in [0, 0.05) is 50.3 Å². The number of carboxylic acid groups (broad SMARTS) is 1. The molecule has 4 aliphatic rings. The number of likely N-dealkylation sites (tertiary alicyclic amines) is 2. The van der Waals surface area contributed by atoms with Crippen molar-refractivity contribution in [1.82, 2.24) is 14.8 Å². The average Bonchev–Trinajstić information content (AvgIpc) is 3.77. The van der Waals surface area contributed by atoms with Crippen LogP contribution in [0.4, 0.5) is 0 Å². The van der Waals surface area contributed by atoms with Crippen molar-refractivity contribution >= 4 is 23.1 Å². The van der Waals surface area contributed by atoms with Crippen LogP contribution in [0, 0.1) is 23.2 Å². The summed E-state index contributed by atoms with van der Waals surface area (Å²) in [4.78, 5) is 20.2. The molecule has 10 heteroatoms. The molecule has 2 fully saturated rings. The molecule has 0 spiro atoms. The number of aliphatic hydroxyl groups excluding tert-OH is 1. The van der Waals surface area contributed by atoms with Crippen LogP contribution in [0.25, 0.3) is 5.57 Å². The highest BCUT2D eigenvalue weighted by molar-refractivity contribution is 6.31. The van der Waals surface area contributed by atoms with Crippen molar-refractivity contribution < 1.29 is 24.5 Å². The number of aliphatic carboxylic acids is 1. The van der Waals surface area contributed by atoms with Gasteiger partial charge in [-0.05, 0) is 67.1 Å². The second-order valence-electron chi connectivity index (χ2n) is 14.2. The smallest absolute Gasteiger partial charge is 0.307 e. The van der Waals surface area contributed by atoms with E-state index in [2.05, 4.69) is 21.9 Å². The number of fused-ring (bicyclic) bond motifs is 1. The largest absolute Gasteiger partial charge is 0.491 e. The van der Waals surface area contributed by atoms with Gasteiger partial charge in [-0.3, -0.25) is 14.6 Å². The number of ether oxygens (including phenoxy) is 2. The van der Waals surface area contributed by atoms with Crippen molar-refractivity contribution in [2.75, 3.05) is 46.5 Å². The first kappa shape index (κ1) is 34.3. The summed E-state index contributed by atoms with van der Waals surface area (Å²) < 4.78 is 12.6. The lowest BCUT2D eigenvalue weighted by Crippen LogP contribution is -2.51. The number of aliphatic hydroxyl groups is 1. The van der Waals surface area contributed by atoms with Crippen LogP contribution >= 0.6 is 11.6 Å². The first-order chi connectivity index (χ1) is 24.2. The Morgan fingerprint density at radius 2 is 1.92 bits per heavy atom. The van der Waals surface area contributed by atoms with Crippen LogP contribution in [-0.4, -0.2) is 82.3 Å². The number of halogens is 1. The Balaban J connectivity index is 1.23. The van der Waals surface area contributed by atoms with E-state index in [-0.39, 0.29) is 25.2 Å². The molecule has 3 aromatic rings. The fraction of sp³-hybridized carbons (Fsp3) is 0.425. The number of rotatable bonds is 11. The fourth-order valence-corrected chi connectivity index (χ4v) is 8.74. The van der Waals surface area contributed by atoms with Gasteiger partial charge in [0.05, 0.1) is 34.6 Å². The van der Waals surface area contributed by atoms with E-state index < -0.39 is 16.3 Å². The van der Waals surface area contributed by atoms with E-state index >= 15 is 0 Å². The summed E-state index contributed by atoms with van der Waals surface area (Å²) >= 11 is 7.75. The number of hydrogen-bond acceptors (Lipinski definition) is 8. The topological polar surface area (TPSA) is 119 Å². The molecule has 4 atom stereocenters. The summed E-state index contributed by atoms with van der Waals surface area (Å²) in [7, 11) is 1.62. The lowest BCUT2D eigenvalue weighted by molar-refractivity contribution is -0.141. The molecule has 2 saturated heterocycles. The minimum absolute atomic E-state index is 0.0915. The average molecular weight is 695 g/mol. The maximum Gasteiger partial charge on any atom is 0.307 e. The lowest BCUT2D eigenvalue weighted by atomic mass is 9.66. The van der Waals surface area contributed by atoms with Crippen molar-refractivity contribution in [3.63, 3.8) is 0 Å². The summed E-state index contributed by atoms with van der Waals surface area (Å²) in [5.41, 5.74) is 5.16. The molecule has 9 nitrogen and oxygen atoms in total. The molecule has 0 radical (unpaired) electrons. The van der Waals surface area contributed by atoms with E-state index in [9.17, 15) is 20.3 Å². The number of methoxy groups -OCH3 is 1. The van der Waals surface area contributed by atoms with Crippen LogP contribution in [0.1, 0.15) is 59.3 Å². The van der Waals surface area contributed by atoms with Gasteiger partial charge in [-0.1, -0.05) is 60.7 Å². The van der Waals surface area contributed by atoms with Crippen molar-refractivity contribution in [1.29, 1.82) is 5.26 Å². The highest BCUT2D eigenvalue weighted by Crippen LogP contribution is 2.52. The number of pyridine rings is 1. The number of nitriles is 1. The highest BCUT2D eigenvalue weighted by Gasteiger charge is 2.53. The predicted molar refractivity (Wildman–Crippen MR) is 191 cm³/mol. The highest BCUT2D eigenvalue weighted by atomic mass is 35.5. The fourth-order valence-electron chi connectivity index (χ4n) is 8.35. The maximum absolute atomic E-state index is 11.6. The van der Waals surface area contributed by atoms with Crippen LogP contribution in [-0.2, 0) is 23.2 Å². The van der Waals surface area contributed by atoms with E-state index in [1.807, 2.05) is 73.7 Å². The van der Waals surface area contributed by atoms with Gasteiger partial charge in [0.1, 0.15) is 18.4 Å². The van der Waals surface area contributed by atoms with Gasteiger partial charge >= 0.3 is 5.97 Å². The molecule has 1 aromatic heterocycles. The van der Waals surface area contributed by atoms with Crippen molar-refractivity contribution in [2.24, 2.45) is 11.8 Å². The summed E-state index contributed by atoms with van der Waals surface area (Å²) in [6, 6.07) is 20.6. The van der Waals surface area contributed by atoms with E-state index in [1.165, 1.54) is 0 Å². The molecule has 0 bridgehead atoms. The predicted octanol–water partition coefficient (Wildman–Crippen LogP) is 5.75. The van der Waals surface area contributed by atoms with E-state index in [1.54, 1.807) is 7.11 Å². The van der Waals surface area contributed by atoms with Gasteiger partial charge in [-0.2, -0.15) is 5.26 Å². The minimum atomic E-state index is -1.01. The number of nitrogens with zero attached hydrogens (tertiary/aromatic N) is 4. The van der Waals surface area contributed by atoms with Crippen LogP contribution in [0.3, 0.4) is 0 Å². The number of carbonyl (C=O) groups is 1. The van der Waals surface area contributed by atoms with E-state index in [4.69, 9.17) is 26.1 Å². The molecule has 7 rings (SSSR count). The molecule has 50 heavy (non-hydrogen) atoms. The monoisotopic (exact) mass is 694 g/mol. The van der Waals surface area contributed by atoms with Crippen LogP contribution in [0.2, 0.25) is 0 Å². The van der Waals surface area contributed by atoms with E-state index in [0.29, 0.717) is 48.3 Å². The number of allylic oxidation sites excluding steroid dienone is 3. The number of carboxylic acids is 1. The van der Waals surface area contributed by atoms with Gasteiger partial charge in [0.2, 0.25) is 5.88 Å². The molecule has 2 N–H and O–H groups in total. The molecular formula is C40H43ClN4O5. The lowest BCUT2D eigenvalue weighted by Gasteiger charge is -2.45. The van der Waals surface area contributed by atoms with Crippen LogP contribution in [0.15, 0.2) is 72.8 Å². The van der Waals surface area contributed by atoms with Gasteiger partial charge < -0.3 is 19.7 Å². The second kappa shape index (κ2) is 13.8. The molecule has 2 aromatic carbocycles. The Bertz CT molecular complexity index is 1870. The third-order valence-corrected chi connectivity index (χ3v) is 11.8. The molecule has 3 heterocycles. The molecular weight excluding hydrogens is 652 g/mol. The Morgan fingerprint density at radius 3 is 2.62 bits per heavy atom. The van der Waals surface area contributed by atoms with Gasteiger partial charge in [0.15, 0.2) is 0 Å². The molecule has 0 amide bonds. The third-order valence-electron chi connectivity index (χ3n) is 11.3. The van der Waals surface area contributed by atoms with Crippen LogP contribution in [0.5, 0.6) is 11.6 Å². The Labute approximate surface area is 298 Å². The standard InChI is InChI=1S/C40H43ClN4O5/c1-39(41)33(27-7-4-3-5-8-27)9-6-17-40(39,36-15-10-28(37(43-36)49-2)22-44-20-26(21-44)24-46)25-50-35-14-12-31-30(32(35)19-42)11-13-34(31)45-18-16-29(23-45)38(47)48/h3-10,12,14-15,17,26,29,34,46H,11,13,16,18,20-25H2,1-2H3,(H,47,48)/t29?,34-,39?,40?/m1/s1. The number of benzene rings is 2. The summed E-state index contributed by atoms with van der Waals surface area (Å²) in [6.45, 7) is 5.87. The Hall–Kier alpha value is -4.20. The first-order valence-electron chi connectivity index (χ1n) is 17.4. The van der Waals surface area contributed by atoms with Crippen molar-refractivity contribution in [3.05, 3.63) is 106 Å². The number of aromatic nitrogens is 1. The molecule has 2 aliphatic heterocycles.